The maximum absolute atomic E-state index is 10.3. The lowest BCUT2D eigenvalue weighted by atomic mass is 9.63. The van der Waals surface area contributed by atoms with E-state index >= 15 is 0 Å². The summed E-state index contributed by atoms with van der Waals surface area (Å²) in [5, 5.41) is 6.04. The van der Waals surface area contributed by atoms with Gasteiger partial charge in [-0.3, -0.25) is 4.79 Å². The van der Waals surface area contributed by atoms with Gasteiger partial charge in [0.15, 0.2) is 0 Å². The Hall–Kier alpha value is -2.21. The fraction of sp³-hybridized carbons (Fsp3) is 0.567. The van der Waals surface area contributed by atoms with Crippen molar-refractivity contribution in [3.8, 4) is 0 Å². The summed E-state index contributed by atoms with van der Waals surface area (Å²) >= 11 is 0. The number of ether oxygens (including phenoxy) is 2. The van der Waals surface area contributed by atoms with Crippen molar-refractivity contribution < 1.29 is 14.3 Å². The van der Waals surface area contributed by atoms with Gasteiger partial charge in [-0.05, 0) is 66.5 Å². The Kier molecular flexibility index (Phi) is 10.8. The van der Waals surface area contributed by atoms with E-state index in [0.717, 1.165) is 58.1 Å². The summed E-state index contributed by atoms with van der Waals surface area (Å²) in [6, 6.07) is 20.6. The topological polar surface area (TPSA) is 59.6 Å². The zero-order valence-corrected chi connectivity index (χ0v) is 21.8. The lowest BCUT2D eigenvalue weighted by Gasteiger charge is -2.45. The Labute approximate surface area is 212 Å². The minimum Gasteiger partial charge on any atom is -0.376 e. The summed E-state index contributed by atoms with van der Waals surface area (Å²) in [4.78, 5) is 10.3. The molecule has 192 valence electrons. The standard InChI is InChI=1S/C15H21NO2.C15H23NO/c1-15(11-16-12-17)7-14(8-15)10-18-9-13-5-3-2-4-6-13;1-15(12-16-2)8-14(9-15)11-17-10-13-6-4-3-5-7-13/h2-6,12,14H,7-11H2,1H3,(H,16,17);3-7,14,16H,8-12H2,1-2H3. The maximum atomic E-state index is 10.3. The van der Waals surface area contributed by atoms with E-state index in [2.05, 4.69) is 60.9 Å². The van der Waals surface area contributed by atoms with Crippen LogP contribution < -0.4 is 10.6 Å². The first kappa shape index (κ1) is 27.4. The molecule has 0 heterocycles. The lowest BCUT2D eigenvalue weighted by Crippen LogP contribution is -2.43. The summed E-state index contributed by atoms with van der Waals surface area (Å²) in [6.45, 7) is 9.67. The second-order valence-corrected chi connectivity index (χ2v) is 11.2. The first-order valence-electron chi connectivity index (χ1n) is 13.0. The zero-order valence-electron chi connectivity index (χ0n) is 21.8. The van der Waals surface area contributed by atoms with Gasteiger partial charge in [-0.1, -0.05) is 74.5 Å². The second kappa shape index (κ2) is 13.8. The molecule has 35 heavy (non-hydrogen) atoms. The van der Waals surface area contributed by atoms with Crippen LogP contribution in [0.5, 0.6) is 0 Å². The normalized spacial score (nSPS) is 27.1. The smallest absolute Gasteiger partial charge is 0.207 e. The number of rotatable bonds is 13. The van der Waals surface area contributed by atoms with Gasteiger partial charge in [0.25, 0.3) is 0 Å². The van der Waals surface area contributed by atoms with Crippen LogP contribution in [0.25, 0.3) is 0 Å². The summed E-state index contributed by atoms with van der Waals surface area (Å²) in [5.74, 6) is 1.41. The molecule has 2 saturated carbocycles. The van der Waals surface area contributed by atoms with Crippen LogP contribution in [0.4, 0.5) is 0 Å². The summed E-state index contributed by atoms with van der Waals surface area (Å²) in [5.41, 5.74) is 3.28. The largest absolute Gasteiger partial charge is 0.376 e. The van der Waals surface area contributed by atoms with Crippen LogP contribution in [-0.2, 0) is 27.5 Å². The van der Waals surface area contributed by atoms with Crippen molar-refractivity contribution in [3.63, 3.8) is 0 Å². The van der Waals surface area contributed by atoms with Crippen molar-refractivity contribution in [1.82, 2.24) is 10.6 Å². The highest BCUT2D eigenvalue weighted by Crippen LogP contribution is 2.45. The van der Waals surface area contributed by atoms with Gasteiger partial charge in [-0.25, -0.2) is 0 Å². The van der Waals surface area contributed by atoms with Crippen LogP contribution in [0.15, 0.2) is 60.7 Å². The molecule has 0 saturated heterocycles. The lowest BCUT2D eigenvalue weighted by molar-refractivity contribution is -0.110. The van der Waals surface area contributed by atoms with Gasteiger partial charge in [0.1, 0.15) is 0 Å². The Bertz CT molecular complexity index is 846. The maximum Gasteiger partial charge on any atom is 0.207 e. The summed E-state index contributed by atoms with van der Waals surface area (Å²) < 4.78 is 11.5. The molecular formula is C30H44N2O3. The second-order valence-electron chi connectivity index (χ2n) is 11.2. The fourth-order valence-corrected chi connectivity index (χ4v) is 5.74. The molecule has 0 unspecified atom stereocenters. The molecule has 0 bridgehead atoms. The van der Waals surface area contributed by atoms with E-state index in [1.54, 1.807) is 0 Å². The minimum atomic E-state index is 0.279. The molecule has 5 nitrogen and oxygen atoms in total. The van der Waals surface area contributed by atoms with E-state index < -0.39 is 0 Å². The first-order valence-corrected chi connectivity index (χ1v) is 13.0. The zero-order chi connectivity index (χ0) is 25.0. The van der Waals surface area contributed by atoms with Gasteiger partial charge in [-0.15, -0.1) is 0 Å². The fourth-order valence-electron chi connectivity index (χ4n) is 5.74. The van der Waals surface area contributed by atoms with Crippen LogP contribution in [0.1, 0.15) is 50.7 Å². The van der Waals surface area contributed by atoms with Crippen LogP contribution in [-0.4, -0.2) is 39.8 Å². The molecule has 2 aliphatic carbocycles. The molecule has 2 N–H and O–H groups in total. The predicted molar refractivity (Wildman–Crippen MR) is 142 cm³/mol. The Balaban J connectivity index is 0.000000196. The molecule has 0 atom stereocenters. The van der Waals surface area contributed by atoms with Gasteiger partial charge in [0.05, 0.1) is 13.2 Å². The highest BCUT2D eigenvalue weighted by atomic mass is 16.5. The van der Waals surface area contributed by atoms with Gasteiger partial charge in [0, 0.05) is 26.3 Å². The molecule has 0 aromatic heterocycles. The molecule has 2 aliphatic rings. The Morgan fingerprint density at radius 1 is 0.771 bits per heavy atom. The minimum absolute atomic E-state index is 0.279. The summed E-state index contributed by atoms with van der Waals surface area (Å²) in [6.07, 6.45) is 5.65. The quantitative estimate of drug-likeness (QED) is 0.387. The molecular weight excluding hydrogens is 436 g/mol. The highest BCUT2D eigenvalue weighted by Gasteiger charge is 2.40. The highest BCUT2D eigenvalue weighted by molar-refractivity contribution is 5.46. The van der Waals surface area contributed by atoms with Crippen molar-refractivity contribution in [3.05, 3.63) is 71.8 Å². The van der Waals surface area contributed by atoms with Crippen LogP contribution in [0, 0.1) is 22.7 Å². The molecule has 0 aliphatic heterocycles. The number of carbonyl (C=O) groups excluding carboxylic acids is 1. The van der Waals surface area contributed by atoms with Gasteiger partial charge < -0.3 is 20.1 Å². The molecule has 4 rings (SSSR count). The number of hydrogen-bond donors (Lipinski definition) is 2. The third kappa shape index (κ3) is 9.40. The third-order valence-corrected chi connectivity index (χ3v) is 7.27. The van der Waals surface area contributed by atoms with Crippen LogP contribution in [0.2, 0.25) is 0 Å². The monoisotopic (exact) mass is 480 g/mol. The molecule has 2 aromatic carbocycles. The molecule has 1 amide bonds. The number of nitrogens with one attached hydrogen (secondary N) is 2. The molecule has 2 fully saturated rings. The van der Waals surface area contributed by atoms with Crippen molar-refractivity contribution >= 4 is 6.41 Å². The third-order valence-electron chi connectivity index (χ3n) is 7.27. The Morgan fingerprint density at radius 2 is 1.20 bits per heavy atom. The van der Waals surface area contributed by atoms with Crippen molar-refractivity contribution in [2.45, 2.75) is 52.7 Å². The molecule has 0 radical (unpaired) electrons. The van der Waals surface area contributed by atoms with E-state index in [4.69, 9.17) is 9.47 Å². The first-order chi connectivity index (χ1) is 16.9. The van der Waals surface area contributed by atoms with E-state index in [1.807, 2.05) is 31.3 Å². The van der Waals surface area contributed by atoms with Crippen molar-refractivity contribution in [2.24, 2.45) is 22.7 Å². The Morgan fingerprint density at radius 3 is 1.60 bits per heavy atom. The average Bonchev–Trinajstić information content (AvgIpc) is 2.82. The number of benzene rings is 2. The average molecular weight is 481 g/mol. The number of amides is 1. The van der Waals surface area contributed by atoms with E-state index in [9.17, 15) is 4.79 Å². The molecule has 2 aromatic rings. The number of hydrogen-bond acceptors (Lipinski definition) is 4. The van der Waals surface area contributed by atoms with Gasteiger partial charge in [-0.2, -0.15) is 0 Å². The van der Waals surface area contributed by atoms with Crippen LogP contribution >= 0.6 is 0 Å². The molecule has 0 spiro atoms. The van der Waals surface area contributed by atoms with E-state index in [-0.39, 0.29) is 5.41 Å². The van der Waals surface area contributed by atoms with Gasteiger partial charge >= 0.3 is 0 Å². The van der Waals surface area contributed by atoms with Gasteiger partial charge in [0.2, 0.25) is 6.41 Å². The summed E-state index contributed by atoms with van der Waals surface area (Å²) in [7, 11) is 2.03. The predicted octanol–water partition coefficient (Wildman–Crippen LogP) is 5.20. The van der Waals surface area contributed by atoms with E-state index in [0.29, 0.717) is 17.9 Å². The van der Waals surface area contributed by atoms with Crippen LogP contribution in [0.3, 0.4) is 0 Å². The SMILES string of the molecule is CC1(CNC=O)CC(COCc2ccccc2)C1.CNCC1(C)CC(COCc2ccccc2)C1. The molecule has 5 heteroatoms. The van der Waals surface area contributed by atoms with E-state index in [1.165, 1.54) is 24.0 Å². The number of carbonyl (C=O) groups is 1. The van der Waals surface area contributed by atoms with Crippen molar-refractivity contribution in [1.29, 1.82) is 0 Å². The van der Waals surface area contributed by atoms with Crippen molar-refractivity contribution in [2.75, 3.05) is 33.4 Å².